The zero-order valence-electron chi connectivity index (χ0n) is 9.02. The third-order valence-electron chi connectivity index (χ3n) is 3.77. The van der Waals surface area contributed by atoms with E-state index in [-0.39, 0.29) is 12.0 Å². The van der Waals surface area contributed by atoms with Gasteiger partial charge in [-0.25, -0.2) is 0 Å². The molecule has 3 atom stereocenters. The zero-order chi connectivity index (χ0) is 10.4. The molecule has 1 aliphatic carbocycles. The highest BCUT2D eigenvalue weighted by Gasteiger charge is 2.42. The number of amides is 1. The lowest BCUT2D eigenvalue weighted by atomic mass is 9.87. The predicted octanol–water partition coefficient (Wildman–Crippen LogP) is 1.74. The van der Waals surface area contributed by atoms with Crippen LogP contribution in [0, 0.1) is 5.92 Å². The Balaban J connectivity index is 1.98. The van der Waals surface area contributed by atoms with Crippen molar-refractivity contribution in [3.8, 4) is 0 Å². The average Bonchev–Trinajstić information content (AvgIpc) is 2.61. The lowest BCUT2D eigenvalue weighted by Gasteiger charge is -2.36. The van der Waals surface area contributed by atoms with Crippen molar-refractivity contribution in [2.75, 3.05) is 0 Å². The fourth-order valence-corrected chi connectivity index (χ4v) is 2.89. The van der Waals surface area contributed by atoms with E-state index >= 15 is 0 Å². The SMILES string of the molecule is CC1CCC2=N[C@H]3CC=CC[C@@H]3C(=O)N21. The third-order valence-corrected chi connectivity index (χ3v) is 3.77. The fourth-order valence-electron chi connectivity index (χ4n) is 2.89. The second kappa shape index (κ2) is 3.19. The molecule has 1 unspecified atom stereocenters. The van der Waals surface area contributed by atoms with Crippen LogP contribution >= 0.6 is 0 Å². The second-order valence-electron chi connectivity index (χ2n) is 4.76. The molecule has 0 spiro atoms. The largest absolute Gasteiger partial charge is 0.297 e. The van der Waals surface area contributed by atoms with E-state index in [2.05, 4.69) is 19.1 Å². The summed E-state index contributed by atoms with van der Waals surface area (Å²) < 4.78 is 0. The minimum Gasteiger partial charge on any atom is -0.297 e. The number of carbonyl (C=O) groups is 1. The molecule has 0 radical (unpaired) electrons. The van der Waals surface area contributed by atoms with Gasteiger partial charge in [-0.2, -0.15) is 0 Å². The van der Waals surface area contributed by atoms with Crippen molar-refractivity contribution in [1.82, 2.24) is 4.90 Å². The fraction of sp³-hybridized carbons (Fsp3) is 0.667. The Bertz CT molecular complexity index is 359. The molecule has 0 bridgehead atoms. The minimum atomic E-state index is 0.124. The van der Waals surface area contributed by atoms with Crippen LogP contribution in [0.15, 0.2) is 17.1 Å². The smallest absolute Gasteiger partial charge is 0.233 e. The molecule has 3 nitrogen and oxygen atoms in total. The summed E-state index contributed by atoms with van der Waals surface area (Å²) in [5.74, 6) is 1.49. The van der Waals surface area contributed by atoms with Gasteiger partial charge in [0.25, 0.3) is 0 Å². The van der Waals surface area contributed by atoms with Gasteiger partial charge < -0.3 is 0 Å². The first kappa shape index (κ1) is 9.13. The highest BCUT2D eigenvalue weighted by Crippen LogP contribution is 2.33. The van der Waals surface area contributed by atoms with Gasteiger partial charge >= 0.3 is 0 Å². The normalized spacial score (nSPS) is 38.7. The molecule has 3 heteroatoms. The second-order valence-corrected chi connectivity index (χ2v) is 4.76. The molecule has 0 aromatic rings. The van der Waals surface area contributed by atoms with Crippen LogP contribution in [0.4, 0.5) is 0 Å². The quantitative estimate of drug-likeness (QED) is 0.553. The van der Waals surface area contributed by atoms with Crippen molar-refractivity contribution in [1.29, 1.82) is 0 Å². The molecule has 0 aromatic heterocycles. The first-order valence-corrected chi connectivity index (χ1v) is 5.82. The van der Waals surface area contributed by atoms with Crippen molar-refractivity contribution < 1.29 is 4.79 Å². The van der Waals surface area contributed by atoms with E-state index in [1.165, 1.54) is 0 Å². The van der Waals surface area contributed by atoms with Crippen LogP contribution in [-0.4, -0.2) is 28.7 Å². The minimum absolute atomic E-state index is 0.124. The Kier molecular flexibility index (Phi) is 1.94. The molecule has 80 valence electrons. The van der Waals surface area contributed by atoms with E-state index in [4.69, 9.17) is 4.99 Å². The van der Waals surface area contributed by atoms with Gasteiger partial charge in [-0.3, -0.25) is 14.7 Å². The van der Waals surface area contributed by atoms with Crippen LogP contribution in [0.25, 0.3) is 0 Å². The van der Waals surface area contributed by atoms with E-state index in [0.717, 1.165) is 31.5 Å². The van der Waals surface area contributed by atoms with Crippen LogP contribution < -0.4 is 0 Å². The highest BCUT2D eigenvalue weighted by molar-refractivity contribution is 6.03. The van der Waals surface area contributed by atoms with Crippen molar-refractivity contribution in [3.05, 3.63) is 12.2 Å². The van der Waals surface area contributed by atoms with E-state index < -0.39 is 0 Å². The maximum Gasteiger partial charge on any atom is 0.233 e. The molecular weight excluding hydrogens is 188 g/mol. The lowest BCUT2D eigenvalue weighted by molar-refractivity contribution is -0.134. The number of rotatable bonds is 0. The maximum absolute atomic E-state index is 12.3. The van der Waals surface area contributed by atoms with Crippen molar-refractivity contribution in [2.45, 2.75) is 44.7 Å². The molecule has 15 heavy (non-hydrogen) atoms. The van der Waals surface area contributed by atoms with Gasteiger partial charge in [0.2, 0.25) is 5.91 Å². The standard InChI is InChI=1S/C12H16N2O/c1-8-6-7-11-13-10-5-3-2-4-9(10)12(15)14(8)11/h2-3,8-10H,4-7H2,1H3/t8?,9-,10-/m0/s1. The lowest BCUT2D eigenvalue weighted by Crippen LogP contribution is -2.49. The zero-order valence-corrected chi connectivity index (χ0v) is 9.02. The summed E-state index contributed by atoms with van der Waals surface area (Å²) in [6.07, 6.45) is 8.18. The van der Waals surface area contributed by atoms with E-state index in [9.17, 15) is 4.79 Å². The Morgan fingerprint density at radius 2 is 2.20 bits per heavy atom. The van der Waals surface area contributed by atoms with E-state index in [1.807, 2.05) is 4.90 Å². The van der Waals surface area contributed by atoms with E-state index in [0.29, 0.717) is 11.9 Å². The summed E-state index contributed by atoms with van der Waals surface area (Å²) in [5.41, 5.74) is 0. The number of hydrogen-bond acceptors (Lipinski definition) is 2. The number of amidine groups is 1. The third kappa shape index (κ3) is 1.25. The monoisotopic (exact) mass is 204 g/mol. The van der Waals surface area contributed by atoms with Crippen LogP contribution in [0.1, 0.15) is 32.6 Å². The number of hydrogen-bond donors (Lipinski definition) is 0. The number of carbonyl (C=O) groups excluding carboxylic acids is 1. The number of allylic oxidation sites excluding steroid dienone is 1. The van der Waals surface area contributed by atoms with Gasteiger partial charge in [-0.15, -0.1) is 0 Å². The Morgan fingerprint density at radius 3 is 3.07 bits per heavy atom. The topological polar surface area (TPSA) is 32.7 Å². The molecule has 0 aromatic carbocycles. The van der Waals surface area contributed by atoms with Gasteiger partial charge in [0.1, 0.15) is 5.84 Å². The molecule has 1 fully saturated rings. The summed E-state index contributed by atoms with van der Waals surface area (Å²) in [5, 5.41) is 0. The summed E-state index contributed by atoms with van der Waals surface area (Å²) >= 11 is 0. The summed E-state index contributed by atoms with van der Waals surface area (Å²) in [6.45, 7) is 2.12. The highest BCUT2D eigenvalue weighted by atomic mass is 16.2. The van der Waals surface area contributed by atoms with Gasteiger partial charge in [-0.05, 0) is 26.2 Å². The molecule has 0 N–H and O–H groups in total. The van der Waals surface area contributed by atoms with Gasteiger partial charge in [0.05, 0.1) is 12.0 Å². The molecule has 3 rings (SSSR count). The Labute approximate surface area is 89.9 Å². The summed E-state index contributed by atoms with van der Waals surface area (Å²) in [6, 6.07) is 0.599. The predicted molar refractivity (Wildman–Crippen MR) is 58.6 cm³/mol. The first-order chi connectivity index (χ1) is 7.27. The molecule has 2 aliphatic heterocycles. The molecule has 2 heterocycles. The van der Waals surface area contributed by atoms with Crippen LogP contribution in [-0.2, 0) is 4.79 Å². The molecule has 1 saturated heterocycles. The molecule has 3 aliphatic rings. The summed E-state index contributed by atoms with van der Waals surface area (Å²) in [7, 11) is 0. The van der Waals surface area contributed by atoms with Crippen molar-refractivity contribution in [3.63, 3.8) is 0 Å². The van der Waals surface area contributed by atoms with Crippen molar-refractivity contribution in [2.24, 2.45) is 10.9 Å². The van der Waals surface area contributed by atoms with Crippen molar-refractivity contribution >= 4 is 11.7 Å². The van der Waals surface area contributed by atoms with Crippen LogP contribution in [0.3, 0.4) is 0 Å². The number of nitrogens with zero attached hydrogens (tertiary/aromatic N) is 2. The van der Waals surface area contributed by atoms with Gasteiger partial charge in [0.15, 0.2) is 0 Å². The van der Waals surface area contributed by atoms with Crippen LogP contribution in [0.5, 0.6) is 0 Å². The number of fused-ring (bicyclic) bond motifs is 2. The molecular formula is C12H16N2O. The van der Waals surface area contributed by atoms with Gasteiger partial charge in [-0.1, -0.05) is 12.2 Å². The maximum atomic E-state index is 12.3. The summed E-state index contributed by atoms with van der Waals surface area (Å²) in [4.78, 5) is 18.9. The Morgan fingerprint density at radius 1 is 1.40 bits per heavy atom. The van der Waals surface area contributed by atoms with E-state index in [1.54, 1.807) is 0 Å². The number of aliphatic imine (C=N–C) groups is 1. The average molecular weight is 204 g/mol. The molecule has 0 saturated carbocycles. The van der Waals surface area contributed by atoms with Gasteiger partial charge in [0, 0.05) is 12.5 Å². The van der Waals surface area contributed by atoms with Crippen LogP contribution in [0.2, 0.25) is 0 Å². The molecule has 1 amide bonds. The Hall–Kier alpha value is -1.12. The first-order valence-electron chi connectivity index (χ1n) is 5.82.